The third-order valence-corrected chi connectivity index (χ3v) is 7.12. The Morgan fingerprint density at radius 1 is 1.24 bits per heavy atom. The van der Waals surface area contributed by atoms with Crippen LogP contribution in [0.1, 0.15) is 26.5 Å². The van der Waals surface area contributed by atoms with E-state index >= 15 is 0 Å². The van der Waals surface area contributed by atoms with E-state index < -0.39 is 20.6 Å². The normalized spacial score (nSPS) is 15.9. The molecule has 0 radical (unpaired) electrons. The molecule has 1 amide bonds. The molecule has 1 N–H and O–H groups in total. The van der Waals surface area contributed by atoms with E-state index in [0.717, 1.165) is 11.8 Å². The van der Waals surface area contributed by atoms with E-state index in [2.05, 4.69) is 10.5 Å². The first kappa shape index (κ1) is 24.6. The molecule has 180 valence electrons. The van der Waals surface area contributed by atoms with Crippen LogP contribution >= 0.6 is 0 Å². The molecule has 0 bridgehead atoms. The van der Waals surface area contributed by atoms with Gasteiger partial charge in [0.15, 0.2) is 5.75 Å². The zero-order valence-electron chi connectivity index (χ0n) is 18.9. The van der Waals surface area contributed by atoms with Crippen molar-refractivity contribution < 1.29 is 27.4 Å². The SMILES string of the molecule is COc1ccc(S(=O)(=O)N2CCN(CC(=O)Nc3cc(C(C)(C)C)no3)CC2)cc1[N+](=O)[O-]. The molecule has 0 atom stereocenters. The number of carbonyl (C=O) groups is 1. The Bertz CT molecular complexity index is 1130. The van der Waals surface area contributed by atoms with Crippen LogP contribution in [0.4, 0.5) is 11.6 Å². The minimum absolute atomic E-state index is 0.0174. The van der Waals surface area contributed by atoms with Gasteiger partial charge in [-0.15, -0.1) is 0 Å². The van der Waals surface area contributed by atoms with Gasteiger partial charge in [0.1, 0.15) is 0 Å². The Balaban J connectivity index is 1.59. The van der Waals surface area contributed by atoms with Crippen LogP contribution in [-0.2, 0) is 20.2 Å². The predicted molar refractivity (Wildman–Crippen MR) is 119 cm³/mol. The van der Waals surface area contributed by atoms with Crippen LogP contribution in [-0.4, -0.2) is 73.4 Å². The maximum atomic E-state index is 13.0. The number of nitro groups is 1. The maximum Gasteiger partial charge on any atom is 0.312 e. The summed E-state index contributed by atoms with van der Waals surface area (Å²) in [5.41, 5.74) is 0.0878. The lowest BCUT2D eigenvalue weighted by Crippen LogP contribution is -2.50. The summed E-state index contributed by atoms with van der Waals surface area (Å²) in [7, 11) is -2.66. The first-order chi connectivity index (χ1) is 15.4. The molecular weight excluding hydrogens is 454 g/mol. The van der Waals surface area contributed by atoms with Gasteiger partial charge in [0.2, 0.25) is 21.8 Å². The number of benzene rings is 1. The summed E-state index contributed by atoms with van der Waals surface area (Å²) < 4.78 is 37.3. The monoisotopic (exact) mass is 481 g/mol. The molecule has 12 nitrogen and oxygen atoms in total. The van der Waals surface area contributed by atoms with Crippen LogP contribution in [0.25, 0.3) is 0 Å². The molecule has 1 aliphatic rings. The highest BCUT2D eigenvalue weighted by Crippen LogP contribution is 2.31. The van der Waals surface area contributed by atoms with Gasteiger partial charge in [-0.1, -0.05) is 25.9 Å². The number of rotatable bonds is 7. The van der Waals surface area contributed by atoms with Crippen molar-refractivity contribution in [1.82, 2.24) is 14.4 Å². The summed E-state index contributed by atoms with van der Waals surface area (Å²) in [6.45, 7) is 6.95. The topological polar surface area (TPSA) is 148 Å². The molecule has 1 saturated heterocycles. The first-order valence-corrected chi connectivity index (χ1v) is 11.7. The molecule has 1 aromatic carbocycles. The average molecular weight is 482 g/mol. The number of nitrogens with zero attached hydrogens (tertiary/aromatic N) is 4. The van der Waals surface area contributed by atoms with E-state index in [0.29, 0.717) is 13.1 Å². The van der Waals surface area contributed by atoms with Gasteiger partial charge < -0.3 is 9.26 Å². The van der Waals surface area contributed by atoms with Gasteiger partial charge in [0.25, 0.3) is 0 Å². The van der Waals surface area contributed by atoms with Gasteiger partial charge in [-0.2, -0.15) is 4.31 Å². The van der Waals surface area contributed by atoms with Gasteiger partial charge in [-0.05, 0) is 12.1 Å². The lowest BCUT2D eigenvalue weighted by atomic mass is 9.92. The van der Waals surface area contributed by atoms with Gasteiger partial charge >= 0.3 is 5.69 Å². The molecule has 3 rings (SSSR count). The van der Waals surface area contributed by atoms with Crippen molar-refractivity contribution in [3.05, 3.63) is 40.1 Å². The van der Waals surface area contributed by atoms with Crippen LogP contribution < -0.4 is 10.1 Å². The van der Waals surface area contributed by atoms with Crippen molar-refractivity contribution in [1.29, 1.82) is 0 Å². The van der Waals surface area contributed by atoms with Crippen LogP contribution in [0.5, 0.6) is 5.75 Å². The fourth-order valence-electron chi connectivity index (χ4n) is 3.32. The number of sulfonamides is 1. The number of amides is 1. The van der Waals surface area contributed by atoms with Gasteiger partial charge in [-0.3, -0.25) is 25.1 Å². The Hall–Kier alpha value is -3.03. The van der Waals surface area contributed by atoms with Crippen LogP contribution in [0, 0.1) is 10.1 Å². The molecule has 0 aliphatic carbocycles. The van der Waals surface area contributed by atoms with E-state index in [-0.39, 0.29) is 47.5 Å². The molecule has 1 aromatic heterocycles. The largest absolute Gasteiger partial charge is 0.490 e. The number of hydrogen-bond donors (Lipinski definition) is 1. The number of anilines is 1. The zero-order chi connectivity index (χ0) is 24.4. The minimum atomic E-state index is -3.93. The van der Waals surface area contributed by atoms with Crippen molar-refractivity contribution in [2.75, 3.05) is 45.2 Å². The molecule has 2 heterocycles. The zero-order valence-corrected chi connectivity index (χ0v) is 19.7. The second-order valence-electron chi connectivity index (χ2n) is 8.65. The number of ether oxygens (including phenoxy) is 1. The smallest absolute Gasteiger partial charge is 0.312 e. The van der Waals surface area contributed by atoms with Crippen molar-refractivity contribution >= 4 is 27.5 Å². The molecule has 2 aromatic rings. The highest BCUT2D eigenvalue weighted by atomic mass is 32.2. The van der Waals surface area contributed by atoms with E-state index in [1.807, 2.05) is 25.7 Å². The van der Waals surface area contributed by atoms with Gasteiger partial charge in [0, 0.05) is 43.7 Å². The molecule has 0 unspecified atom stereocenters. The summed E-state index contributed by atoms with van der Waals surface area (Å²) in [4.78, 5) is 24.5. The van der Waals surface area contributed by atoms with Crippen molar-refractivity contribution in [3.63, 3.8) is 0 Å². The minimum Gasteiger partial charge on any atom is -0.490 e. The molecule has 1 fully saturated rings. The summed E-state index contributed by atoms with van der Waals surface area (Å²) >= 11 is 0. The molecule has 0 spiro atoms. The number of hydrogen-bond acceptors (Lipinski definition) is 9. The average Bonchev–Trinajstić information content (AvgIpc) is 3.22. The lowest BCUT2D eigenvalue weighted by Gasteiger charge is -2.33. The predicted octanol–water partition coefficient (Wildman–Crippen LogP) is 1.83. The van der Waals surface area contributed by atoms with Crippen molar-refractivity contribution in [2.45, 2.75) is 31.1 Å². The van der Waals surface area contributed by atoms with E-state index in [9.17, 15) is 23.3 Å². The molecule has 0 saturated carbocycles. The van der Waals surface area contributed by atoms with Crippen LogP contribution in [0.15, 0.2) is 33.7 Å². The third kappa shape index (κ3) is 5.67. The summed E-state index contributed by atoms with van der Waals surface area (Å²) in [5, 5.41) is 17.8. The maximum absolute atomic E-state index is 13.0. The fraction of sp³-hybridized carbons (Fsp3) is 0.500. The first-order valence-electron chi connectivity index (χ1n) is 10.2. The number of nitro benzene ring substituents is 1. The van der Waals surface area contributed by atoms with E-state index in [1.165, 1.54) is 23.5 Å². The van der Waals surface area contributed by atoms with E-state index in [1.54, 1.807) is 6.07 Å². The van der Waals surface area contributed by atoms with Crippen molar-refractivity contribution in [3.8, 4) is 5.75 Å². The highest BCUT2D eigenvalue weighted by Gasteiger charge is 2.31. The third-order valence-electron chi connectivity index (χ3n) is 5.22. The second-order valence-corrected chi connectivity index (χ2v) is 10.6. The molecular formula is C20H27N5O7S. The summed E-state index contributed by atoms with van der Waals surface area (Å²) in [6.07, 6.45) is 0. The Kier molecular flexibility index (Phi) is 7.05. The van der Waals surface area contributed by atoms with E-state index in [4.69, 9.17) is 9.26 Å². The molecule has 1 aliphatic heterocycles. The fourth-order valence-corrected chi connectivity index (χ4v) is 4.76. The van der Waals surface area contributed by atoms with Gasteiger partial charge in [-0.25, -0.2) is 8.42 Å². The number of methoxy groups -OCH3 is 1. The van der Waals surface area contributed by atoms with Gasteiger partial charge in [0.05, 0.1) is 29.2 Å². The number of carbonyl (C=O) groups excluding carboxylic acids is 1. The Morgan fingerprint density at radius 2 is 1.91 bits per heavy atom. The standard InChI is InChI=1S/C20H27N5O7S/c1-20(2,3)17-12-19(32-22-17)21-18(26)13-23-7-9-24(10-8-23)33(29,30)14-5-6-16(31-4)15(11-14)25(27)28/h5-6,11-12H,7-10,13H2,1-4H3,(H,21,26). The second kappa shape index (κ2) is 9.45. The van der Waals surface area contributed by atoms with Crippen molar-refractivity contribution in [2.24, 2.45) is 0 Å². The summed E-state index contributed by atoms with van der Waals surface area (Å²) in [5.74, 6) is -0.0582. The number of nitrogens with one attached hydrogen (secondary N) is 1. The Morgan fingerprint density at radius 3 is 2.45 bits per heavy atom. The highest BCUT2D eigenvalue weighted by molar-refractivity contribution is 7.89. The van der Waals surface area contributed by atoms with Crippen LogP contribution in [0.2, 0.25) is 0 Å². The lowest BCUT2D eigenvalue weighted by molar-refractivity contribution is -0.386. The number of aromatic nitrogens is 1. The quantitative estimate of drug-likeness (QED) is 0.462. The summed E-state index contributed by atoms with van der Waals surface area (Å²) in [6, 6.07) is 5.22. The molecule has 13 heteroatoms. The van der Waals surface area contributed by atoms with Crippen LogP contribution in [0.3, 0.4) is 0 Å². The molecule has 33 heavy (non-hydrogen) atoms. The number of piperazine rings is 1. The Labute approximate surface area is 191 Å².